The first-order valence-electron chi connectivity index (χ1n) is 26.3. The molecule has 0 saturated carbocycles. The van der Waals surface area contributed by atoms with Crippen molar-refractivity contribution >= 4 is 18.3 Å². The van der Waals surface area contributed by atoms with Crippen molar-refractivity contribution in [1.29, 1.82) is 0 Å². The van der Waals surface area contributed by atoms with Crippen LogP contribution in [0.3, 0.4) is 0 Å². The van der Waals surface area contributed by atoms with Crippen LogP contribution in [0.5, 0.6) is 0 Å². The summed E-state index contributed by atoms with van der Waals surface area (Å²) in [4.78, 5) is 38.9. The summed E-state index contributed by atoms with van der Waals surface area (Å²) >= 11 is 0. The molecule has 1 saturated heterocycles. The number of methoxy groups -OCH3 is 1. The first-order chi connectivity index (χ1) is 30.6. The largest absolute Gasteiger partial charge is 0.462 e. The summed E-state index contributed by atoms with van der Waals surface area (Å²) in [6.07, 6.45) is 52.1. The van der Waals surface area contributed by atoms with Crippen molar-refractivity contribution < 1.29 is 28.6 Å². The van der Waals surface area contributed by atoms with Gasteiger partial charge in [0.15, 0.2) is 0 Å². The number of carbonyl (C=O) groups is 3. The molecule has 2 atom stereocenters. The van der Waals surface area contributed by atoms with Crippen LogP contribution in [0.25, 0.3) is 0 Å². The molecule has 63 heavy (non-hydrogen) atoms. The predicted octanol–water partition coefficient (Wildman–Crippen LogP) is 16.8. The van der Waals surface area contributed by atoms with Crippen LogP contribution < -0.4 is 0 Å². The second kappa shape index (κ2) is 45.9. The summed E-state index contributed by atoms with van der Waals surface area (Å²) in [5, 5.41) is 0. The summed E-state index contributed by atoms with van der Waals surface area (Å²) in [5.74, 6) is -1.57. The van der Waals surface area contributed by atoms with E-state index >= 15 is 0 Å². The number of ether oxygens (including phenoxy) is 3. The van der Waals surface area contributed by atoms with Crippen molar-refractivity contribution in [3.63, 3.8) is 0 Å². The predicted molar refractivity (Wildman–Crippen MR) is 271 cm³/mol. The maximum Gasteiger partial charge on any atom is 0.410 e. The zero-order chi connectivity index (χ0) is 47.2. The van der Waals surface area contributed by atoms with Crippen LogP contribution in [0.4, 0.5) is 4.79 Å². The Bertz CT molecular complexity index is 1100. The molecule has 0 aromatic carbocycles. The monoisotopic (exact) mass is 886 g/mol. The van der Waals surface area contributed by atoms with Crippen LogP contribution in [0.1, 0.15) is 242 Å². The van der Waals surface area contributed by atoms with E-state index in [4.69, 9.17) is 14.2 Å². The van der Waals surface area contributed by atoms with Crippen LogP contribution >= 0.6 is 0 Å². The summed E-state index contributed by atoms with van der Waals surface area (Å²) in [6, 6.07) is 0. The average Bonchev–Trinajstić information content (AvgIpc) is 3.72. The van der Waals surface area contributed by atoms with E-state index in [1.165, 1.54) is 133 Å². The van der Waals surface area contributed by atoms with Gasteiger partial charge < -0.3 is 23.9 Å². The minimum atomic E-state index is -0.639. The number of aldehydes is 1. The molecule has 0 spiro atoms. The van der Waals surface area contributed by atoms with E-state index in [9.17, 15) is 14.4 Å². The maximum absolute atomic E-state index is 13.2. The van der Waals surface area contributed by atoms with Crippen molar-refractivity contribution in [2.45, 2.75) is 260 Å². The number of amides is 1. The van der Waals surface area contributed by atoms with Crippen molar-refractivity contribution in [3.8, 4) is 0 Å². The summed E-state index contributed by atoms with van der Waals surface area (Å²) in [6.45, 7) is 18.7. The topological polar surface area (TPSA) is 82.1 Å². The third-order valence-electron chi connectivity index (χ3n) is 11.3. The first kappa shape index (κ1) is 62.4. The minimum Gasteiger partial charge on any atom is -0.462 e. The van der Waals surface area contributed by atoms with Crippen LogP contribution in [0.2, 0.25) is 0 Å². The molecule has 0 aliphatic carbocycles. The molecule has 7 heteroatoms. The van der Waals surface area contributed by atoms with Crippen molar-refractivity contribution in [2.75, 3.05) is 20.2 Å². The van der Waals surface area contributed by atoms with Gasteiger partial charge in [0.25, 0.3) is 0 Å². The van der Waals surface area contributed by atoms with Gasteiger partial charge >= 0.3 is 12.1 Å². The standard InChI is InChI=1S/C32H55NO5.C22H42O.C2H6/c1-6-8-10-12-14-16-18-20-22-28(23-21-19-17-15-13-11-9-7-2)37-30(35)29-25-33(24-27(29)26-34)31(36)38-32(3,4)5;1-4-6-8-10-12-14-16-18-20-22(23-3)21-19-17-15-13-11-9-7-5-2;1-2/h14-17,26-29H,6-13,18-25H2,1-5H3;12-15,22H,4-11,16-21H2,1-3H3;1-2H3/b16-14-,17-15-;14-12-,15-13-;. The van der Waals surface area contributed by atoms with Crippen LogP contribution in [-0.4, -0.2) is 61.3 Å². The fraction of sp³-hybridized carbons (Fsp3) is 0.804. The zero-order valence-corrected chi connectivity index (χ0v) is 43.1. The highest BCUT2D eigenvalue weighted by atomic mass is 16.6. The number of hydrogen-bond acceptors (Lipinski definition) is 6. The lowest BCUT2D eigenvalue weighted by Crippen LogP contribution is -2.36. The van der Waals surface area contributed by atoms with E-state index < -0.39 is 23.5 Å². The van der Waals surface area contributed by atoms with Gasteiger partial charge in [0.05, 0.1) is 12.0 Å². The lowest BCUT2D eigenvalue weighted by atomic mass is 9.97. The second-order valence-corrected chi connectivity index (χ2v) is 18.3. The fourth-order valence-electron chi connectivity index (χ4n) is 7.43. The zero-order valence-electron chi connectivity index (χ0n) is 43.1. The molecule has 1 rings (SSSR count). The SMILES string of the molecule is CC.CCCCC/C=C\CCCC(CCC/C=C\CCCCC)OC.CCCCC/C=C\CCCC(CCC/C=C\CCCCC)OC(=O)C1CN(C(=O)OC(C)(C)C)CC1C=O. The van der Waals surface area contributed by atoms with E-state index in [-0.39, 0.29) is 25.2 Å². The smallest absolute Gasteiger partial charge is 0.410 e. The summed E-state index contributed by atoms with van der Waals surface area (Å²) in [7, 11) is 1.87. The molecule has 0 aromatic rings. The molecule has 1 amide bonds. The molecule has 1 fully saturated rings. The number of nitrogens with zero attached hydrogens (tertiary/aromatic N) is 1. The Morgan fingerprint density at radius 3 is 1.17 bits per heavy atom. The van der Waals surface area contributed by atoms with Gasteiger partial charge in [-0.3, -0.25) is 4.79 Å². The third-order valence-corrected chi connectivity index (χ3v) is 11.3. The third kappa shape index (κ3) is 39.4. The molecule has 0 N–H and O–H groups in total. The van der Waals surface area contributed by atoms with E-state index in [2.05, 4.69) is 76.3 Å². The molecule has 1 heterocycles. The van der Waals surface area contributed by atoms with Gasteiger partial charge in [-0.1, -0.05) is 142 Å². The molecule has 1 aliphatic heterocycles. The number of unbranched alkanes of at least 4 members (excludes halogenated alkanes) is 16. The molecule has 2 unspecified atom stereocenters. The van der Waals surface area contributed by atoms with E-state index in [0.717, 1.165) is 57.7 Å². The number of likely N-dealkylation sites (tertiary alicyclic amines) is 1. The normalized spacial score (nSPS) is 15.5. The molecule has 1 aliphatic rings. The van der Waals surface area contributed by atoms with Gasteiger partial charge in [-0.05, 0) is 149 Å². The molecule has 0 aromatic heterocycles. The molecule has 368 valence electrons. The Morgan fingerprint density at radius 1 is 0.540 bits per heavy atom. The molecular formula is C56H103NO6. The molecule has 0 bridgehead atoms. The Balaban J connectivity index is 0. The number of esters is 1. The van der Waals surface area contributed by atoms with E-state index in [1.54, 1.807) is 20.8 Å². The molecule has 7 nitrogen and oxygen atoms in total. The van der Waals surface area contributed by atoms with Gasteiger partial charge in [0.1, 0.15) is 18.0 Å². The molecular weight excluding hydrogens is 783 g/mol. The number of rotatable bonds is 36. The summed E-state index contributed by atoms with van der Waals surface area (Å²) in [5.41, 5.74) is -0.633. The van der Waals surface area contributed by atoms with E-state index in [1.807, 2.05) is 21.0 Å². The highest BCUT2D eigenvalue weighted by molar-refractivity contribution is 5.80. The fourth-order valence-corrected chi connectivity index (χ4v) is 7.43. The number of hydrogen-bond donors (Lipinski definition) is 0. The van der Waals surface area contributed by atoms with Crippen molar-refractivity contribution in [3.05, 3.63) is 48.6 Å². The summed E-state index contributed by atoms with van der Waals surface area (Å²) < 4.78 is 17.1. The van der Waals surface area contributed by atoms with Gasteiger partial charge in [-0.2, -0.15) is 0 Å². The van der Waals surface area contributed by atoms with Gasteiger partial charge in [-0.25, -0.2) is 4.79 Å². The number of carbonyl (C=O) groups excluding carboxylic acids is 3. The highest BCUT2D eigenvalue weighted by Gasteiger charge is 2.42. The lowest BCUT2D eigenvalue weighted by molar-refractivity contribution is -0.156. The van der Waals surface area contributed by atoms with Gasteiger partial charge in [0, 0.05) is 26.1 Å². The minimum absolute atomic E-state index is 0.158. The Labute approximate surface area is 391 Å². The van der Waals surface area contributed by atoms with Gasteiger partial charge in [-0.15, -0.1) is 0 Å². The highest BCUT2D eigenvalue weighted by Crippen LogP contribution is 2.27. The Morgan fingerprint density at radius 2 is 0.873 bits per heavy atom. The van der Waals surface area contributed by atoms with E-state index in [0.29, 0.717) is 6.10 Å². The van der Waals surface area contributed by atoms with Crippen LogP contribution in [0, 0.1) is 11.8 Å². The second-order valence-electron chi connectivity index (χ2n) is 18.3. The Hall–Kier alpha value is -2.67. The number of allylic oxidation sites excluding steroid dienone is 8. The average molecular weight is 886 g/mol. The Kier molecular flexibility index (Phi) is 45.5. The van der Waals surface area contributed by atoms with Gasteiger partial charge in [0.2, 0.25) is 0 Å². The van der Waals surface area contributed by atoms with Crippen LogP contribution in [0.15, 0.2) is 48.6 Å². The first-order valence-corrected chi connectivity index (χ1v) is 26.3. The van der Waals surface area contributed by atoms with Crippen LogP contribution in [-0.2, 0) is 23.8 Å². The lowest BCUT2D eigenvalue weighted by Gasteiger charge is -2.24. The van der Waals surface area contributed by atoms with Crippen molar-refractivity contribution in [1.82, 2.24) is 4.90 Å². The maximum atomic E-state index is 13.2. The quantitative estimate of drug-likeness (QED) is 0.0270. The molecule has 0 radical (unpaired) electrons. The van der Waals surface area contributed by atoms with Crippen molar-refractivity contribution in [2.24, 2.45) is 11.8 Å².